The third-order valence-corrected chi connectivity index (χ3v) is 2.84. The molecule has 0 saturated carbocycles. The van der Waals surface area contributed by atoms with E-state index in [1.54, 1.807) is 12.1 Å². The largest absolute Gasteiger partial charge is 0.481 e. The van der Waals surface area contributed by atoms with E-state index in [9.17, 15) is 10.1 Å². The van der Waals surface area contributed by atoms with Gasteiger partial charge in [0.15, 0.2) is 6.29 Å². The summed E-state index contributed by atoms with van der Waals surface area (Å²) in [5.74, 6) is 0.178. The third-order valence-electron chi connectivity index (χ3n) is 2.21. The van der Waals surface area contributed by atoms with Crippen molar-refractivity contribution in [3.8, 4) is 5.75 Å². The van der Waals surface area contributed by atoms with Gasteiger partial charge in [-0.25, -0.2) is 0 Å². The minimum atomic E-state index is -0.540. The molecule has 0 heterocycles. The normalized spacial score (nSPS) is 10.7. The van der Waals surface area contributed by atoms with Crippen molar-refractivity contribution in [3.05, 3.63) is 32.8 Å². The number of hydrogen-bond acceptors (Lipinski definition) is 5. The van der Waals surface area contributed by atoms with Crippen LogP contribution in [0.2, 0.25) is 0 Å². The number of rotatable bonds is 8. The molecule has 0 radical (unpaired) electrons. The van der Waals surface area contributed by atoms with Gasteiger partial charge in [0.25, 0.3) is 0 Å². The first kappa shape index (κ1) is 15.9. The molecule has 106 valence electrons. The molecule has 0 aliphatic carbocycles. The summed E-state index contributed by atoms with van der Waals surface area (Å²) in [7, 11) is 0. The van der Waals surface area contributed by atoms with Gasteiger partial charge < -0.3 is 14.2 Å². The van der Waals surface area contributed by atoms with Crippen molar-refractivity contribution in [2.45, 2.75) is 20.1 Å². The van der Waals surface area contributed by atoms with E-state index in [0.717, 1.165) is 0 Å². The lowest BCUT2D eigenvalue weighted by molar-refractivity contribution is -0.386. The highest BCUT2D eigenvalue weighted by molar-refractivity contribution is 9.10. The molecule has 0 aromatic heterocycles. The predicted octanol–water partition coefficient (Wildman–Crippen LogP) is 3.14. The molecule has 1 aromatic rings. The molecule has 0 amide bonds. The number of nitrogens with zero attached hydrogens (tertiary/aromatic N) is 1. The Morgan fingerprint density at radius 1 is 1.32 bits per heavy atom. The van der Waals surface area contributed by atoms with E-state index in [4.69, 9.17) is 14.2 Å². The highest BCUT2D eigenvalue weighted by atomic mass is 79.9. The zero-order chi connectivity index (χ0) is 14.3. The molecule has 0 saturated heterocycles. The van der Waals surface area contributed by atoms with Crippen molar-refractivity contribution in [1.82, 2.24) is 0 Å². The van der Waals surface area contributed by atoms with Crippen molar-refractivity contribution in [1.29, 1.82) is 0 Å². The van der Waals surface area contributed by atoms with Gasteiger partial charge in [-0.1, -0.05) is 6.07 Å². The van der Waals surface area contributed by atoms with Crippen LogP contribution in [0, 0.1) is 10.1 Å². The van der Waals surface area contributed by atoms with Crippen LogP contribution in [0.3, 0.4) is 0 Å². The monoisotopic (exact) mass is 333 g/mol. The molecule has 19 heavy (non-hydrogen) atoms. The molecule has 0 aliphatic heterocycles. The van der Waals surface area contributed by atoms with E-state index in [2.05, 4.69) is 15.9 Å². The van der Waals surface area contributed by atoms with E-state index >= 15 is 0 Å². The highest BCUT2D eigenvalue weighted by Crippen LogP contribution is 2.34. The van der Waals surface area contributed by atoms with E-state index in [1.165, 1.54) is 6.07 Å². The maximum atomic E-state index is 10.9. The zero-order valence-electron chi connectivity index (χ0n) is 10.8. The van der Waals surface area contributed by atoms with Crippen LogP contribution in [0.15, 0.2) is 22.7 Å². The second kappa shape index (κ2) is 8.08. The van der Waals surface area contributed by atoms with Gasteiger partial charge in [0.05, 0.1) is 9.40 Å². The fourth-order valence-electron chi connectivity index (χ4n) is 1.45. The average Bonchev–Trinajstić information content (AvgIpc) is 2.37. The van der Waals surface area contributed by atoms with Crippen LogP contribution in [0.25, 0.3) is 0 Å². The van der Waals surface area contributed by atoms with Crippen LogP contribution < -0.4 is 4.74 Å². The Kier molecular flexibility index (Phi) is 6.75. The van der Waals surface area contributed by atoms with E-state index in [-0.39, 0.29) is 18.0 Å². The number of hydrogen-bond donors (Lipinski definition) is 0. The summed E-state index contributed by atoms with van der Waals surface area (Å²) < 4.78 is 16.6. The number of ether oxygens (including phenoxy) is 3. The summed E-state index contributed by atoms with van der Waals surface area (Å²) >= 11 is 3.23. The maximum Gasteiger partial charge on any atom is 0.312 e. The van der Waals surface area contributed by atoms with Crippen LogP contribution in [0.4, 0.5) is 5.69 Å². The molecule has 0 fully saturated rings. The van der Waals surface area contributed by atoms with E-state index < -0.39 is 11.2 Å². The molecule has 6 nitrogen and oxygen atoms in total. The third kappa shape index (κ3) is 4.77. The summed E-state index contributed by atoms with van der Waals surface area (Å²) in [5.41, 5.74) is -0.0962. The lowest BCUT2D eigenvalue weighted by atomic mass is 10.3. The van der Waals surface area contributed by atoms with Crippen LogP contribution in [-0.2, 0) is 9.47 Å². The molecule has 0 unspecified atom stereocenters. The SMILES string of the molecule is CCOC(COc1c(Br)cccc1[N+](=O)[O-])OCC. The summed E-state index contributed by atoms with van der Waals surface area (Å²) in [5, 5.41) is 10.9. The van der Waals surface area contributed by atoms with Gasteiger partial charge in [-0.05, 0) is 35.8 Å². The van der Waals surface area contributed by atoms with Crippen LogP contribution >= 0.6 is 15.9 Å². The van der Waals surface area contributed by atoms with Crippen molar-refractivity contribution < 1.29 is 19.1 Å². The lowest BCUT2D eigenvalue weighted by Gasteiger charge is -2.17. The minimum absolute atomic E-state index is 0.0884. The first-order valence-electron chi connectivity index (χ1n) is 5.89. The number of benzene rings is 1. The van der Waals surface area contributed by atoms with Crippen molar-refractivity contribution >= 4 is 21.6 Å². The Labute approximate surface area is 119 Å². The summed E-state index contributed by atoms with van der Waals surface area (Å²) in [6, 6.07) is 4.65. The first-order valence-corrected chi connectivity index (χ1v) is 6.68. The van der Waals surface area contributed by atoms with Crippen LogP contribution in [-0.4, -0.2) is 31.0 Å². The van der Waals surface area contributed by atoms with Gasteiger partial charge in [0.1, 0.15) is 6.61 Å². The van der Waals surface area contributed by atoms with Gasteiger partial charge in [0.2, 0.25) is 5.75 Å². The van der Waals surface area contributed by atoms with Crippen LogP contribution in [0.1, 0.15) is 13.8 Å². The maximum absolute atomic E-state index is 10.9. The zero-order valence-corrected chi connectivity index (χ0v) is 12.4. The van der Waals surface area contributed by atoms with E-state index in [0.29, 0.717) is 17.7 Å². The van der Waals surface area contributed by atoms with Gasteiger partial charge in [-0.15, -0.1) is 0 Å². The molecule has 0 bridgehead atoms. The van der Waals surface area contributed by atoms with Gasteiger partial charge >= 0.3 is 5.69 Å². The fraction of sp³-hybridized carbons (Fsp3) is 0.500. The molecular formula is C12H16BrNO5. The number of nitro benzene ring substituents is 1. The molecule has 7 heteroatoms. The quantitative estimate of drug-likeness (QED) is 0.415. The standard InChI is InChI=1S/C12H16BrNO5/c1-3-17-11(18-4-2)8-19-12-9(13)6-5-7-10(12)14(15)16/h5-7,11H,3-4,8H2,1-2H3. The Morgan fingerprint density at radius 2 is 1.95 bits per heavy atom. The van der Waals surface area contributed by atoms with Gasteiger partial charge in [0, 0.05) is 19.3 Å². The minimum Gasteiger partial charge on any atom is -0.481 e. The van der Waals surface area contributed by atoms with Crippen molar-refractivity contribution in [3.63, 3.8) is 0 Å². The fourth-order valence-corrected chi connectivity index (χ4v) is 1.92. The van der Waals surface area contributed by atoms with Gasteiger partial charge in [-0.2, -0.15) is 0 Å². The van der Waals surface area contributed by atoms with Gasteiger partial charge in [-0.3, -0.25) is 10.1 Å². The molecule has 1 aromatic carbocycles. The average molecular weight is 334 g/mol. The Morgan fingerprint density at radius 3 is 2.47 bits per heavy atom. The molecule has 0 spiro atoms. The smallest absolute Gasteiger partial charge is 0.312 e. The first-order chi connectivity index (χ1) is 9.10. The molecule has 0 N–H and O–H groups in total. The summed E-state index contributed by atoms with van der Waals surface area (Å²) in [6.07, 6.45) is -0.540. The number of halogens is 1. The topological polar surface area (TPSA) is 70.8 Å². The number of nitro groups is 1. The summed E-state index contributed by atoms with van der Waals surface area (Å²) in [4.78, 5) is 10.4. The number of para-hydroxylation sites is 1. The Bertz CT molecular complexity index is 421. The Balaban J connectivity index is 2.78. The molecular weight excluding hydrogens is 318 g/mol. The predicted molar refractivity (Wildman–Crippen MR) is 73.3 cm³/mol. The van der Waals surface area contributed by atoms with Crippen LogP contribution in [0.5, 0.6) is 5.75 Å². The summed E-state index contributed by atoms with van der Waals surface area (Å²) in [6.45, 7) is 4.73. The molecule has 0 aliphatic rings. The molecule has 1 rings (SSSR count). The van der Waals surface area contributed by atoms with Crippen molar-refractivity contribution in [2.24, 2.45) is 0 Å². The molecule has 0 atom stereocenters. The Hall–Kier alpha value is -1.18. The lowest BCUT2D eigenvalue weighted by Crippen LogP contribution is -2.25. The second-order valence-corrected chi connectivity index (χ2v) is 4.35. The highest BCUT2D eigenvalue weighted by Gasteiger charge is 2.19. The second-order valence-electron chi connectivity index (χ2n) is 3.50. The van der Waals surface area contributed by atoms with E-state index in [1.807, 2.05) is 13.8 Å². The van der Waals surface area contributed by atoms with Crippen molar-refractivity contribution in [2.75, 3.05) is 19.8 Å².